The fourth-order valence-electron chi connectivity index (χ4n) is 0.538. The number of hydrogen-bond acceptors (Lipinski definition) is 4. The van der Waals surface area contributed by atoms with Crippen LogP contribution in [0.3, 0.4) is 0 Å². The first kappa shape index (κ1) is 11.8. The first-order valence-corrected chi connectivity index (χ1v) is 3.99. The molecule has 0 aliphatic heterocycles. The number of rotatable bonds is 4. The van der Waals surface area contributed by atoms with Crippen molar-refractivity contribution in [2.75, 3.05) is 6.61 Å². The Balaban J connectivity index is 4.25. The van der Waals surface area contributed by atoms with E-state index in [1.54, 1.807) is 6.92 Å². The first-order chi connectivity index (χ1) is 5.90. The maximum atomic E-state index is 10.8. The predicted molar refractivity (Wildman–Crippen MR) is 47.1 cm³/mol. The molecule has 4 heteroatoms. The molecule has 0 saturated carbocycles. The van der Waals surface area contributed by atoms with Crippen LogP contribution in [0.4, 0.5) is 0 Å². The minimum atomic E-state index is -1.59. The lowest BCUT2D eigenvalue weighted by Crippen LogP contribution is -2.30. The van der Waals surface area contributed by atoms with Crippen molar-refractivity contribution in [3.05, 3.63) is 12.2 Å². The molecule has 0 aromatic rings. The van der Waals surface area contributed by atoms with E-state index in [-0.39, 0.29) is 6.61 Å². The second kappa shape index (κ2) is 4.77. The molecule has 0 aliphatic rings. The van der Waals surface area contributed by atoms with Gasteiger partial charge in [-0.15, -0.1) is 0 Å². The minimum Gasteiger partial charge on any atom is -0.463 e. The highest BCUT2D eigenvalue weighted by atomic mass is 16.5. The summed E-state index contributed by atoms with van der Waals surface area (Å²) in [6, 6.07) is 0. The van der Waals surface area contributed by atoms with Crippen molar-refractivity contribution in [1.82, 2.24) is 0 Å². The predicted octanol–water partition coefficient (Wildman–Crippen LogP) is 0.446. The van der Waals surface area contributed by atoms with E-state index >= 15 is 0 Å². The van der Waals surface area contributed by atoms with Crippen LogP contribution in [0.1, 0.15) is 20.8 Å². The molecule has 1 atom stereocenters. The molecule has 0 aromatic heterocycles. The van der Waals surface area contributed by atoms with Crippen molar-refractivity contribution in [2.24, 2.45) is 0 Å². The molecule has 1 N–H and O–H groups in total. The van der Waals surface area contributed by atoms with Gasteiger partial charge in [-0.2, -0.15) is 0 Å². The molecule has 0 fully saturated rings. The van der Waals surface area contributed by atoms with Gasteiger partial charge in [0.1, 0.15) is 5.60 Å². The van der Waals surface area contributed by atoms with Crippen LogP contribution in [0.15, 0.2) is 12.2 Å². The third-order valence-corrected chi connectivity index (χ3v) is 1.54. The van der Waals surface area contributed by atoms with Crippen LogP contribution in [-0.4, -0.2) is 29.1 Å². The maximum Gasteiger partial charge on any atom is 0.330 e. The van der Waals surface area contributed by atoms with Crippen LogP contribution < -0.4 is 0 Å². The summed E-state index contributed by atoms with van der Waals surface area (Å²) in [7, 11) is 0. The lowest BCUT2D eigenvalue weighted by Gasteiger charge is -2.13. The quantitative estimate of drug-likeness (QED) is 0.511. The summed E-state index contributed by atoms with van der Waals surface area (Å²) in [5.41, 5.74) is -1.59. The van der Waals surface area contributed by atoms with Gasteiger partial charge < -0.3 is 9.84 Å². The molecule has 0 amide bonds. The van der Waals surface area contributed by atoms with Crippen molar-refractivity contribution >= 4 is 11.8 Å². The van der Waals surface area contributed by atoms with Gasteiger partial charge in [-0.1, -0.05) is 0 Å². The molecule has 74 valence electrons. The van der Waals surface area contributed by atoms with Gasteiger partial charge in [-0.05, 0) is 26.8 Å². The highest BCUT2D eigenvalue weighted by Crippen LogP contribution is 2.06. The topological polar surface area (TPSA) is 63.6 Å². The number of hydrogen-bond donors (Lipinski definition) is 1. The summed E-state index contributed by atoms with van der Waals surface area (Å²) in [5.74, 6) is -0.989. The van der Waals surface area contributed by atoms with Gasteiger partial charge in [0.05, 0.1) is 6.61 Å². The van der Waals surface area contributed by atoms with Crippen molar-refractivity contribution < 1.29 is 19.4 Å². The number of Topliss-reactive ketones (excluding diaryl/α,β-unsaturated/α-hetero) is 1. The van der Waals surface area contributed by atoms with E-state index in [0.717, 1.165) is 12.2 Å². The average Bonchev–Trinajstić information content (AvgIpc) is 2.01. The van der Waals surface area contributed by atoms with Crippen LogP contribution in [0, 0.1) is 0 Å². The van der Waals surface area contributed by atoms with Gasteiger partial charge in [0, 0.05) is 6.08 Å². The summed E-state index contributed by atoms with van der Waals surface area (Å²) in [6.07, 6.45) is 2.16. The van der Waals surface area contributed by atoms with Gasteiger partial charge in [0.15, 0.2) is 5.78 Å². The van der Waals surface area contributed by atoms with E-state index in [1.807, 2.05) is 0 Å². The largest absolute Gasteiger partial charge is 0.463 e. The van der Waals surface area contributed by atoms with Crippen LogP contribution in [0.2, 0.25) is 0 Å². The monoisotopic (exact) mass is 186 g/mol. The third kappa shape index (κ3) is 4.42. The Morgan fingerprint density at radius 1 is 1.54 bits per heavy atom. The molecule has 0 spiro atoms. The zero-order valence-corrected chi connectivity index (χ0v) is 8.03. The van der Waals surface area contributed by atoms with Crippen LogP contribution in [-0.2, 0) is 14.3 Å². The summed E-state index contributed by atoms with van der Waals surface area (Å²) in [5, 5.41) is 9.36. The fraction of sp³-hybridized carbons (Fsp3) is 0.556. The van der Waals surface area contributed by atoms with E-state index in [4.69, 9.17) is 0 Å². The molecule has 0 heterocycles. The molecule has 0 saturated heterocycles. The van der Waals surface area contributed by atoms with Crippen LogP contribution >= 0.6 is 0 Å². The Morgan fingerprint density at radius 3 is 2.46 bits per heavy atom. The second-order valence-electron chi connectivity index (χ2n) is 2.79. The zero-order valence-electron chi connectivity index (χ0n) is 8.03. The molecule has 0 unspecified atom stereocenters. The van der Waals surface area contributed by atoms with Crippen molar-refractivity contribution in [1.29, 1.82) is 0 Å². The van der Waals surface area contributed by atoms with Crippen LogP contribution in [0.25, 0.3) is 0 Å². The lowest BCUT2D eigenvalue weighted by molar-refractivity contribution is -0.137. The van der Waals surface area contributed by atoms with Gasteiger partial charge in [0.25, 0.3) is 0 Å². The summed E-state index contributed by atoms with van der Waals surface area (Å²) < 4.78 is 4.57. The number of carbonyl (C=O) groups is 2. The maximum absolute atomic E-state index is 10.8. The van der Waals surface area contributed by atoms with E-state index in [9.17, 15) is 14.7 Å². The minimum absolute atomic E-state index is 0.269. The highest BCUT2D eigenvalue weighted by Gasteiger charge is 2.22. The smallest absolute Gasteiger partial charge is 0.330 e. The number of aliphatic hydroxyl groups is 1. The van der Waals surface area contributed by atoms with Gasteiger partial charge in [-0.3, -0.25) is 4.79 Å². The standard InChI is InChI=1S/C9H14O4/c1-4-13-8(11)5-6-9(3,12)7(2)10/h5-6,12H,4H2,1-3H3/b6-5+/t9-/m1/s1. The lowest BCUT2D eigenvalue weighted by atomic mass is 10.0. The normalized spacial score (nSPS) is 15.4. The zero-order chi connectivity index (χ0) is 10.5. The summed E-state index contributed by atoms with van der Waals surface area (Å²) >= 11 is 0. The molecule has 0 aliphatic carbocycles. The first-order valence-electron chi connectivity index (χ1n) is 3.99. The Hall–Kier alpha value is -1.16. The van der Waals surface area contributed by atoms with E-state index in [0.29, 0.717) is 0 Å². The second-order valence-corrected chi connectivity index (χ2v) is 2.79. The highest BCUT2D eigenvalue weighted by molar-refractivity contribution is 5.89. The Bertz CT molecular complexity index is 228. The fourth-order valence-corrected chi connectivity index (χ4v) is 0.538. The molecule has 4 nitrogen and oxygen atoms in total. The third-order valence-electron chi connectivity index (χ3n) is 1.54. The SMILES string of the molecule is CCOC(=O)/C=C/[C@@](C)(O)C(C)=O. The molecular weight excluding hydrogens is 172 g/mol. The number of esters is 1. The van der Waals surface area contributed by atoms with Crippen molar-refractivity contribution in [3.8, 4) is 0 Å². The summed E-state index contributed by atoms with van der Waals surface area (Å²) in [6.45, 7) is 4.50. The van der Waals surface area contributed by atoms with Crippen molar-refractivity contribution in [2.45, 2.75) is 26.4 Å². The molecule has 0 bridgehead atoms. The Morgan fingerprint density at radius 2 is 2.08 bits per heavy atom. The molecule has 0 radical (unpaired) electrons. The molecule has 13 heavy (non-hydrogen) atoms. The Labute approximate surface area is 77.2 Å². The molecular formula is C9H14O4. The van der Waals surface area contributed by atoms with E-state index < -0.39 is 17.4 Å². The Kier molecular flexibility index (Phi) is 4.34. The van der Waals surface area contributed by atoms with Gasteiger partial charge in [0.2, 0.25) is 0 Å². The van der Waals surface area contributed by atoms with E-state index in [1.165, 1.54) is 13.8 Å². The average molecular weight is 186 g/mol. The van der Waals surface area contributed by atoms with Crippen LogP contribution in [0.5, 0.6) is 0 Å². The number of ether oxygens (including phenoxy) is 1. The van der Waals surface area contributed by atoms with Gasteiger partial charge in [-0.25, -0.2) is 4.79 Å². The number of ketones is 1. The van der Waals surface area contributed by atoms with Gasteiger partial charge >= 0.3 is 5.97 Å². The molecule has 0 aromatic carbocycles. The number of carbonyl (C=O) groups excluding carboxylic acids is 2. The van der Waals surface area contributed by atoms with Crippen molar-refractivity contribution in [3.63, 3.8) is 0 Å². The summed E-state index contributed by atoms with van der Waals surface area (Å²) in [4.78, 5) is 21.6. The van der Waals surface area contributed by atoms with E-state index in [2.05, 4.69) is 4.74 Å². The molecule has 0 rings (SSSR count).